The summed E-state index contributed by atoms with van der Waals surface area (Å²) >= 11 is 0. The Morgan fingerprint density at radius 2 is 2.40 bits per heavy atom. The van der Waals surface area contributed by atoms with E-state index in [0.29, 0.717) is 0 Å². The molecule has 0 saturated heterocycles. The zero-order chi connectivity index (χ0) is 6.81. The average molecular weight is 137 g/mol. The molecule has 1 heterocycles. The Morgan fingerprint density at radius 3 is 3.00 bits per heavy atom. The second-order valence-corrected chi connectivity index (χ2v) is 3.46. The molecule has 0 radical (unpaired) electrons. The van der Waals surface area contributed by atoms with Gasteiger partial charge in [0, 0.05) is 6.54 Å². The summed E-state index contributed by atoms with van der Waals surface area (Å²) in [6.45, 7) is 2.32. The first-order chi connectivity index (χ1) is 4.95. The van der Waals surface area contributed by atoms with Crippen LogP contribution in [0.25, 0.3) is 0 Å². The molecule has 1 aliphatic carbocycles. The summed E-state index contributed by atoms with van der Waals surface area (Å²) in [7, 11) is 0. The minimum Gasteiger partial charge on any atom is -0.313 e. The molecule has 1 saturated carbocycles. The van der Waals surface area contributed by atoms with Gasteiger partial charge in [-0.05, 0) is 38.1 Å². The molecule has 1 fully saturated rings. The van der Waals surface area contributed by atoms with Crippen LogP contribution >= 0.6 is 0 Å². The lowest BCUT2D eigenvalue weighted by Gasteiger charge is -2.12. The van der Waals surface area contributed by atoms with Crippen molar-refractivity contribution >= 4 is 0 Å². The van der Waals surface area contributed by atoms with Crippen molar-refractivity contribution in [2.75, 3.05) is 13.1 Å². The van der Waals surface area contributed by atoms with Crippen LogP contribution in [0.5, 0.6) is 0 Å². The van der Waals surface area contributed by atoms with Gasteiger partial charge >= 0.3 is 0 Å². The van der Waals surface area contributed by atoms with E-state index in [4.69, 9.17) is 0 Å². The second kappa shape index (κ2) is 2.75. The molecule has 0 aromatic rings. The molecule has 10 heavy (non-hydrogen) atoms. The third kappa shape index (κ3) is 1.60. The van der Waals surface area contributed by atoms with E-state index in [9.17, 15) is 0 Å². The van der Waals surface area contributed by atoms with E-state index in [1.807, 2.05) is 0 Å². The van der Waals surface area contributed by atoms with Gasteiger partial charge in [-0.3, -0.25) is 0 Å². The van der Waals surface area contributed by atoms with E-state index in [-0.39, 0.29) is 0 Å². The number of hydrogen-bond acceptors (Lipinski definition) is 1. The van der Waals surface area contributed by atoms with Crippen molar-refractivity contribution in [1.29, 1.82) is 0 Å². The zero-order valence-corrected chi connectivity index (χ0v) is 6.40. The molecule has 0 aromatic carbocycles. The van der Waals surface area contributed by atoms with Crippen LogP contribution in [0.3, 0.4) is 0 Å². The van der Waals surface area contributed by atoms with Crippen molar-refractivity contribution < 1.29 is 0 Å². The van der Waals surface area contributed by atoms with Gasteiger partial charge in [0.05, 0.1) is 0 Å². The summed E-state index contributed by atoms with van der Waals surface area (Å²) in [6.07, 6.45) is 8.07. The highest BCUT2D eigenvalue weighted by molar-refractivity contribution is 5.08. The summed E-state index contributed by atoms with van der Waals surface area (Å²) in [5.41, 5.74) is 1.71. The molecular weight excluding hydrogens is 122 g/mol. The molecule has 1 heteroatoms. The van der Waals surface area contributed by atoms with Gasteiger partial charge in [0.15, 0.2) is 0 Å². The molecule has 1 nitrogen and oxygen atoms in total. The molecule has 2 aliphatic rings. The third-order valence-electron chi connectivity index (χ3n) is 2.41. The maximum Gasteiger partial charge on any atom is 0.0137 e. The largest absolute Gasteiger partial charge is 0.313 e. The summed E-state index contributed by atoms with van der Waals surface area (Å²) in [4.78, 5) is 0. The van der Waals surface area contributed by atoms with Gasteiger partial charge in [-0.2, -0.15) is 0 Å². The monoisotopic (exact) mass is 137 g/mol. The highest BCUT2D eigenvalue weighted by atomic mass is 14.8. The lowest BCUT2D eigenvalue weighted by Crippen LogP contribution is -2.20. The maximum atomic E-state index is 3.33. The number of rotatable bonds is 2. The van der Waals surface area contributed by atoms with Crippen molar-refractivity contribution in [2.45, 2.75) is 25.7 Å². The smallest absolute Gasteiger partial charge is 0.0137 e. The second-order valence-electron chi connectivity index (χ2n) is 3.46. The molecule has 0 amide bonds. The van der Waals surface area contributed by atoms with Crippen LogP contribution in [-0.2, 0) is 0 Å². The highest BCUT2D eigenvalue weighted by Crippen LogP contribution is 2.35. The van der Waals surface area contributed by atoms with Gasteiger partial charge in [0.1, 0.15) is 0 Å². The molecule has 0 unspecified atom stereocenters. The lowest BCUT2D eigenvalue weighted by atomic mass is 10.0. The van der Waals surface area contributed by atoms with Gasteiger partial charge in [-0.1, -0.05) is 11.6 Å². The molecule has 0 atom stereocenters. The molecule has 56 valence electrons. The first kappa shape index (κ1) is 6.41. The minimum absolute atomic E-state index is 1.07. The van der Waals surface area contributed by atoms with Gasteiger partial charge in [-0.25, -0.2) is 0 Å². The van der Waals surface area contributed by atoms with Crippen molar-refractivity contribution in [3.63, 3.8) is 0 Å². The summed E-state index contributed by atoms with van der Waals surface area (Å²) in [5, 5.41) is 3.33. The predicted molar refractivity (Wildman–Crippen MR) is 42.9 cm³/mol. The van der Waals surface area contributed by atoms with Crippen LogP contribution in [0, 0.1) is 5.92 Å². The number of nitrogens with one attached hydrogen (secondary N) is 1. The Hall–Kier alpha value is -0.300. The first-order valence-electron chi connectivity index (χ1n) is 4.34. The summed E-state index contributed by atoms with van der Waals surface area (Å²) < 4.78 is 0. The lowest BCUT2D eigenvalue weighted by molar-refractivity contribution is 0.660. The van der Waals surface area contributed by atoms with Crippen LogP contribution in [0.1, 0.15) is 25.7 Å². The van der Waals surface area contributed by atoms with Crippen LogP contribution in [-0.4, -0.2) is 13.1 Å². The summed E-state index contributed by atoms with van der Waals surface area (Å²) in [6, 6.07) is 0. The van der Waals surface area contributed by atoms with Gasteiger partial charge in [0.2, 0.25) is 0 Å². The fourth-order valence-corrected chi connectivity index (χ4v) is 1.55. The van der Waals surface area contributed by atoms with Crippen LogP contribution in [0.2, 0.25) is 0 Å². The van der Waals surface area contributed by atoms with Gasteiger partial charge < -0.3 is 5.32 Å². The molecular formula is C9H15N. The van der Waals surface area contributed by atoms with Crippen molar-refractivity contribution in [3.8, 4) is 0 Å². The first-order valence-corrected chi connectivity index (χ1v) is 4.34. The van der Waals surface area contributed by atoms with E-state index in [0.717, 1.165) is 12.5 Å². The number of hydrogen-bond donors (Lipinski definition) is 1. The molecule has 0 spiro atoms. The molecule has 1 N–H and O–H groups in total. The molecule has 2 rings (SSSR count). The van der Waals surface area contributed by atoms with Crippen molar-refractivity contribution in [1.82, 2.24) is 5.32 Å². The van der Waals surface area contributed by atoms with Crippen LogP contribution in [0.15, 0.2) is 11.6 Å². The molecule has 0 aromatic heterocycles. The van der Waals surface area contributed by atoms with Crippen molar-refractivity contribution in [2.24, 2.45) is 5.92 Å². The Morgan fingerprint density at radius 1 is 1.50 bits per heavy atom. The Bertz CT molecular complexity index is 145. The van der Waals surface area contributed by atoms with E-state index in [1.165, 1.54) is 32.2 Å². The quantitative estimate of drug-likeness (QED) is 0.571. The van der Waals surface area contributed by atoms with Crippen LogP contribution in [0.4, 0.5) is 0 Å². The third-order valence-corrected chi connectivity index (χ3v) is 2.41. The fraction of sp³-hybridized carbons (Fsp3) is 0.778. The van der Waals surface area contributed by atoms with E-state index in [1.54, 1.807) is 5.57 Å². The summed E-state index contributed by atoms with van der Waals surface area (Å²) in [5.74, 6) is 1.07. The van der Waals surface area contributed by atoms with E-state index in [2.05, 4.69) is 11.4 Å². The SMILES string of the molecule is C1=C(CC2CC2)CCNC1. The molecule has 0 bridgehead atoms. The topological polar surface area (TPSA) is 12.0 Å². The average Bonchev–Trinajstić information content (AvgIpc) is 2.74. The van der Waals surface area contributed by atoms with E-state index >= 15 is 0 Å². The Balaban J connectivity index is 1.83. The minimum atomic E-state index is 1.07. The highest BCUT2D eigenvalue weighted by Gasteiger charge is 2.22. The van der Waals surface area contributed by atoms with Crippen molar-refractivity contribution in [3.05, 3.63) is 11.6 Å². The Labute approximate surface area is 62.5 Å². The Kier molecular flexibility index (Phi) is 1.76. The molecule has 1 aliphatic heterocycles. The van der Waals surface area contributed by atoms with Gasteiger partial charge in [0.25, 0.3) is 0 Å². The maximum absolute atomic E-state index is 3.33. The standard InChI is InChI=1S/C9H15N/c1-2-8(1)7-9-3-5-10-6-4-9/h3,8,10H,1-2,4-7H2. The fourth-order valence-electron chi connectivity index (χ4n) is 1.55. The van der Waals surface area contributed by atoms with Gasteiger partial charge in [-0.15, -0.1) is 0 Å². The van der Waals surface area contributed by atoms with Crippen LogP contribution < -0.4 is 5.32 Å². The zero-order valence-electron chi connectivity index (χ0n) is 6.40. The van der Waals surface area contributed by atoms with E-state index < -0.39 is 0 Å². The normalized spacial score (nSPS) is 26.2. The predicted octanol–water partition coefficient (Wildman–Crippen LogP) is 1.71.